The zero-order valence-corrected chi connectivity index (χ0v) is 12.0. The van der Waals surface area contributed by atoms with Gasteiger partial charge in [-0.3, -0.25) is 9.59 Å². The van der Waals surface area contributed by atoms with Crippen molar-refractivity contribution in [1.29, 1.82) is 0 Å². The van der Waals surface area contributed by atoms with Crippen LogP contribution >= 0.6 is 0 Å². The molecular formula is C14H18N2O5. The second kappa shape index (κ2) is 8.70. The lowest BCUT2D eigenvalue weighted by molar-refractivity contribution is -0.136. The van der Waals surface area contributed by atoms with Crippen LogP contribution in [0.15, 0.2) is 24.3 Å². The SMILES string of the molecule is CCOC(=O)c1ccc(NC(=O)C(=O)NCCOC)cc1. The highest BCUT2D eigenvalue weighted by atomic mass is 16.5. The van der Waals surface area contributed by atoms with Gasteiger partial charge in [0.1, 0.15) is 0 Å². The number of nitrogens with one attached hydrogen (secondary N) is 2. The molecule has 2 N–H and O–H groups in total. The minimum atomic E-state index is -0.782. The molecule has 0 radical (unpaired) electrons. The molecule has 0 atom stereocenters. The molecule has 7 nitrogen and oxygen atoms in total. The Hall–Kier alpha value is -2.41. The van der Waals surface area contributed by atoms with Crippen molar-refractivity contribution in [2.75, 3.05) is 32.2 Å². The normalized spacial score (nSPS) is 9.81. The van der Waals surface area contributed by atoms with E-state index in [1.54, 1.807) is 6.92 Å². The minimum absolute atomic E-state index is 0.255. The lowest BCUT2D eigenvalue weighted by Gasteiger charge is -2.07. The van der Waals surface area contributed by atoms with Crippen molar-refractivity contribution in [3.05, 3.63) is 29.8 Å². The fourth-order valence-corrected chi connectivity index (χ4v) is 1.44. The highest BCUT2D eigenvalue weighted by Crippen LogP contribution is 2.10. The summed E-state index contributed by atoms with van der Waals surface area (Å²) < 4.78 is 9.60. The summed E-state index contributed by atoms with van der Waals surface area (Å²) in [6.07, 6.45) is 0. The Labute approximate surface area is 122 Å². The first-order chi connectivity index (χ1) is 10.1. The number of rotatable bonds is 6. The molecule has 0 fully saturated rings. The summed E-state index contributed by atoms with van der Waals surface area (Å²) in [6, 6.07) is 6.06. The van der Waals surface area contributed by atoms with Crippen molar-refractivity contribution in [3.63, 3.8) is 0 Å². The quantitative estimate of drug-likeness (QED) is 0.454. The van der Waals surface area contributed by atoms with Gasteiger partial charge in [0.2, 0.25) is 0 Å². The lowest BCUT2D eigenvalue weighted by atomic mass is 10.2. The predicted molar refractivity (Wildman–Crippen MR) is 75.9 cm³/mol. The number of benzene rings is 1. The molecule has 0 aliphatic carbocycles. The number of carbonyl (C=O) groups is 3. The lowest BCUT2D eigenvalue weighted by Crippen LogP contribution is -2.37. The minimum Gasteiger partial charge on any atom is -0.462 e. The van der Waals surface area contributed by atoms with Gasteiger partial charge in [-0.05, 0) is 31.2 Å². The number of carbonyl (C=O) groups excluding carboxylic acids is 3. The fourth-order valence-electron chi connectivity index (χ4n) is 1.44. The van der Waals surface area contributed by atoms with E-state index in [1.807, 2.05) is 0 Å². The van der Waals surface area contributed by atoms with E-state index in [2.05, 4.69) is 10.6 Å². The van der Waals surface area contributed by atoms with Crippen molar-refractivity contribution in [3.8, 4) is 0 Å². The van der Waals surface area contributed by atoms with Crippen LogP contribution < -0.4 is 10.6 Å². The van der Waals surface area contributed by atoms with Crippen LogP contribution in [0.4, 0.5) is 5.69 Å². The van der Waals surface area contributed by atoms with Crippen LogP contribution in [-0.2, 0) is 19.1 Å². The number of hydrogen-bond donors (Lipinski definition) is 2. The molecule has 1 rings (SSSR count). The molecule has 0 aromatic heterocycles. The molecule has 0 saturated carbocycles. The third kappa shape index (κ3) is 5.62. The van der Waals surface area contributed by atoms with E-state index in [1.165, 1.54) is 31.4 Å². The maximum atomic E-state index is 11.6. The summed E-state index contributed by atoms with van der Waals surface area (Å²) >= 11 is 0. The first-order valence-corrected chi connectivity index (χ1v) is 6.43. The Kier molecular flexibility index (Phi) is 6.90. The monoisotopic (exact) mass is 294 g/mol. The molecule has 21 heavy (non-hydrogen) atoms. The number of anilines is 1. The molecule has 0 unspecified atom stereocenters. The van der Waals surface area contributed by atoms with Gasteiger partial charge in [-0.1, -0.05) is 0 Å². The first-order valence-electron chi connectivity index (χ1n) is 6.43. The Morgan fingerprint density at radius 1 is 1.10 bits per heavy atom. The van der Waals surface area contributed by atoms with Crippen LogP contribution in [0, 0.1) is 0 Å². The van der Waals surface area contributed by atoms with Gasteiger partial charge in [-0.15, -0.1) is 0 Å². The number of amides is 2. The van der Waals surface area contributed by atoms with Crippen LogP contribution in [0.5, 0.6) is 0 Å². The van der Waals surface area contributed by atoms with Gasteiger partial charge in [0, 0.05) is 19.3 Å². The van der Waals surface area contributed by atoms with Gasteiger partial charge in [0.25, 0.3) is 0 Å². The van der Waals surface area contributed by atoms with Gasteiger partial charge in [0.15, 0.2) is 0 Å². The van der Waals surface area contributed by atoms with Crippen LogP contribution in [0.2, 0.25) is 0 Å². The molecule has 0 aliphatic rings. The molecule has 0 spiro atoms. The molecule has 7 heteroatoms. The Balaban J connectivity index is 2.53. The summed E-state index contributed by atoms with van der Waals surface area (Å²) in [5, 5.41) is 4.82. The Morgan fingerprint density at radius 3 is 2.33 bits per heavy atom. The molecule has 0 heterocycles. The third-order valence-corrected chi connectivity index (χ3v) is 2.45. The van der Waals surface area contributed by atoms with E-state index >= 15 is 0 Å². The van der Waals surface area contributed by atoms with E-state index in [-0.39, 0.29) is 6.54 Å². The second-order valence-electron chi connectivity index (χ2n) is 4.00. The van der Waals surface area contributed by atoms with Crippen molar-refractivity contribution < 1.29 is 23.9 Å². The van der Waals surface area contributed by atoms with Crippen molar-refractivity contribution in [2.24, 2.45) is 0 Å². The standard InChI is InChI=1S/C14H18N2O5/c1-3-21-14(19)10-4-6-11(7-5-10)16-13(18)12(17)15-8-9-20-2/h4-7H,3,8-9H2,1-2H3,(H,15,17)(H,16,18). The third-order valence-electron chi connectivity index (χ3n) is 2.45. The van der Waals surface area contributed by atoms with Crippen LogP contribution in [-0.4, -0.2) is 44.7 Å². The van der Waals surface area contributed by atoms with Crippen LogP contribution in [0.25, 0.3) is 0 Å². The van der Waals surface area contributed by atoms with Gasteiger partial charge >= 0.3 is 17.8 Å². The van der Waals surface area contributed by atoms with E-state index in [4.69, 9.17) is 9.47 Å². The van der Waals surface area contributed by atoms with E-state index in [0.29, 0.717) is 24.5 Å². The van der Waals surface area contributed by atoms with Gasteiger partial charge in [-0.2, -0.15) is 0 Å². The second-order valence-corrected chi connectivity index (χ2v) is 4.00. The Bertz CT molecular complexity index is 499. The first kappa shape index (κ1) is 16.6. The van der Waals surface area contributed by atoms with E-state index in [0.717, 1.165) is 0 Å². The summed E-state index contributed by atoms with van der Waals surface area (Å²) in [5.41, 5.74) is 0.786. The number of ether oxygens (including phenoxy) is 2. The van der Waals surface area contributed by atoms with Gasteiger partial charge < -0.3 is 20.1 Å². The molecule has 1 aromatic carbocycles. The van der Waals surface area contributed by atoms with Gasteiger partial charge in [-0.25, -0.2) is 4.79 Å². The van der Waals surface area contributed by atoms with Crippen molar-refractivity contribution >= 4 is 23.5 Å². The molecular weight excluding hydrogens is 276 g/mol. The number of esters is 1. The largest absolute Gasteiger partial charge is 0.462 e. The topological polar surface area (TPSA) is 93.7 Å². The summed E-state index contributed by atoms with van der Waals surface area (Å²) in [4.78, 5) is 34.4. The average Bonchev–Trinajstić information content (AvgIpc) is 2.48. The Morgan fingerprint density at radius 2 is 1.76 bits per heavy atom. The highest BCUT2D eigenvalue weighted by molar-refractivity contribution is 6.39. The maximum Gasteiger partial charge on any atom is 0.338 e. The summed E-state index contributed by atoms with van der Waals surface area (Å²) in [5.74, 6) is -1.97. The molecule has 0 saturated heterocycles. The summed E-state index contributed by atoms with van der Waals surface area (Å²) in [7, 11) is 1.50. The fraction of sp³-hybridized carbons (Fsp3) is 0.357. The highest BCUT2D eigenvalue weighted by Gasteiger charge is 2.13. The zero-order chi connectivity index (χ0) is 15.7. The molecule has 1 aromatic rings. The van der Waals surface area contributed by atoms with Crippen molar-refractivity contribution in [1.82, 2.24) is 5.32 Å². The van der Waals surface area contributed by atoms with Gasteiger partial charge in [0.05, 0.1) is 18.8 Å². The number of hydrogen-bond acceptors (Lipinski definition) is 5. The molecule has 0 bridgehead atoms. The summed E-state index contributed by atoms with van der Waals surface area (Å²) in [6.45, 7) is 2.59. The van der Waals surface area contributed by atoms with Crippen LogP contribution in [0.3, 0.4) is 0 Å². The maximum absolute atomic E-state index is 11.6. The predicted octanol–water partition coefficient (Wildman–Crippen LogP) is 0.564. The zero-order valence-electron chi connectivity index (χ0n) is 12.0. The molecule has 0 aliphatic heterocycles. The smallest absolute Gasteiger partial charge is 0.338 e. The number of methoxy groups -OCH3 is 1. The van der Waals surface area contributed by atoms with E-state index in [9.17, 15) is 14.4 Å². The molecule has 114 valence electrons. The van der Waals surface area contributed by atoms with E-state index < -0.39 is 17.8 Å². The molecule has 2 amide bonds. The van der Waals surface area contributed by atoms with Crippen molar-refractivity contribution in [2.45, 2.75) is 6.92 Å². The average molecular weight is 294 g/mol. The van der Waals surface area contributed by atoms with Crippen LogP contribution in [0.1, 0.15) is 17.3 Å².